The quantitative estimate of drug-likeness (QED) is 0.792. The summed E-state index contributed by atoms with van der Waals surface area (Å²) in [4.78, 5) is 1.16. The molecule has 26 heavy (non-hydrogen) atoms. The van der Waals surface area contributed by atoms with Crippen molar-refractivity contribution >= 4 is 0 Å². The van der Waals surface area contributed by atoms with Crippen LogP contribution >= 0.6 is 0 Å². The van der Waals surface area contributed by atoms with Crippen LogP contribution in [-0.2, 0) is 22.2 Å². The normalized spacial score (nSPS) is 17.4. The maximum Gasteiger partial charge on any atom is 0.416 e. The maximum atomic E-state index is 12.9. The highest BCUT2D eigenvalue weighted by Gasteiger charge is 2.34. The Balaban J connectivity index is 1.95. The molecule has 3 rings (SSSR count). The number of hydrogen-bond acceptors (Lipinski definition) is 5. The molecular weight excluding hydrogens is 351 g/mol. The van der Waals surface area contributed by atoms with E-state index >= 15 is 0 Å². The molecule has 0 amide bonds. The molecule has 0 spiro atoms. The third kappa shape index (κ3) is 4.19. The summed E-state index contributed by atoms with van der Waals surface area (Å²) in [6.45, 7) is 3.54. The van der Waals surface area contributed by atoms with Crippen molar-refractivity contribution in [3.05, 3.63) is 41.2 Å². The Kier molecular flexibility index (Phi) is 5.84. The van der Waals surface area contributed by atoms with Crippen LogP contribution in [0, 0.1) is 0 Å². The SMILES string of the molecule is COCCn1nnnc1[C@@H](c1ccc(C(F)(F)F)cc1)[NH+]1CCOCC1. The van der Waals surface area contributed by atoms with Crippen molar-refractivity contribution in [3.63, 3.8) is 0 Å². The van der Waals surface area contributed by atoms with Crippen LogP contribution in [0.2, 0.25) is 0 Å². The minimum Gasteiger partial charge on any atom is -0.383 e. The molecular formula is C16H21F3N5O2+. The summed E-state index contributed by atoms with van der Waals surface area (Å²) in [5.74, 6) is 0.610. The Morgan fingerprint density at radius 1 is 1.23 bits per heavy atom. The van der Waals surface area contributed by atoms with Gasteiger partial charge in [-0.05, 0) is 22.6 Å². The molecule has 1 aliphatic rings. The van der Waals surface area contributed by atoms with Gasteiger partial charge in [-0.1, -0.05) is 12.1 Å². The van der Waals surface area contributed by atoms with E-state index in [-0.39, 0.29) is 6.04 Å². The summed E-state index contributed by atoms with van der Waals surface area (Å²) < 4.78 is 50.8. The highest BCUT2D eigenvalue weighted by Crippen LogP contribution is 2.30. The molecule has 0 saturated carbocycles. The fraction of sp³-hybridized carbons (Fsp3) is 0.562. The predicted octanol–water partition coefficient (Wildman–Crippen LogP) is 0.343. The van der Waals surface area contributed by atoms with Crippen LogP contribution in [0.15, 0.2) is 24.3 Å². The van der Waals surface area contributed by atoms with Gasteiger partial charge in [0.2, 0.25) is 5.82 Å². The molecule has 0 aliphatic carbocycles. The monoisotopic (exact) mass is 372 g/mol. The van der Waals surface area contributed by atoms with Gasteiger partial charge in [0, 0.05) is 12.7 Å². The number of ether oxygens (including phenoxy) is 2. The minimum absolute atomic E-state index is 0.270. The van der Waals surface area contributed by atoms with Crippen molar-refractivity contribution < 1.29 is 27.5 Å². The molecule has 1 saturated heterocycles. The van der Waals surface area contributed by atoms with Crippen LogP contribution in [-0.4, -0.2) is 60.2 Å². The van der Waals surface area contributed by atoms with E-state index in [1.165, 1.54) is 12.1 Å². The second-order valence-corrected chi connectivity index (χ2v) is 6.08. The largest absolute Gasteiger partial charge is 0.416 e. The number of aromatic nitrogens is 4. The average molecular weight is 372 g/mol. The second-order valence-electron chi connectivity index (χ2n) is 6.08. The number of benzene rings is 1. The van der Waals surface area contributed by atoms with Crippen LogP contribution in [0.5, 0.6) is 0 Å². The van der Waals surface area contributed by atoms with E-state index in [1.807, 2.05) is 0 Å². The number of nitrogens with one attached hydrogen (secondary N) is 1. The Labute approximate surface area is 148 Å². The zero-order chi connectivity index (χ0) is 18.6. The molecule has 1 aromatic heterocycles. The van der Waals surface area contributed by atoms with E-state index in [0.29, 0.717) is 32.2 Å². The Morgan fingerprint density at radius 3 is 2.54 bits per heavy atom. The first-order valence-electron chi connectivity index (χ1n) is 8.35. The number of halogens is 3. The van der Waals surface area contributed by atoms with Gasteiger partial charge in [0.15, 0.2) is 6.04 Å². The Hall–Kier alpha value is -2.04. The summed E-state index contributed by atoms with van der Waals surface area (Å²) in [5.41, 5.74) is 0.0688. The van der Waals surface area contributed by atoms with Crippen LogP contribution in [0.25, 0.3) is 0 Å². The molecule has 142 valence electrons. The average Bonchev–Trinajstić information content (AvgIpc) is 3.09. The molecule has 1 aliphatic heterocycles. The van der Waals surface area contributed by atoms with Crippen molar-refractivity contribution in [1.82, 2.24) is 20.2 Å². The summed E-state index contributed by atoms with van der Waals surface area (Å²) >= 11 is 0. The Morgan fingerprint density at radius 2 is 1.92 bits per heavy atom. The van der Waals surface area contributed by atoms with Gasteiger partial charge < -0.3 is 14.4 Å². The van der Waals surface area contributed by atoms with E-state index in [4.69, 9.17) is 9.47 Å². The van der Waals surface area contributed by atoms with Crippen molar-refractivity contribution in [2.45, 2.75) is 18.8 Å². The molecule has 1 aromatic carbocycles. The number of rotatable bonds is 6. The van der Waals surface area contributed by atoms with Crippen LogP contribution < -0.4 is 4.90 Å². The first-order chi connectivity index (χ1) is 12.5. The van der Waals surface area contributed by atoms with E-state index in [2.05, 4.69) is 15.5 Å². The van der Waals surface area contributed by atoms with Gasteiger partial charge in [-0.3, -0.25) is 0 Å². The molecule has 0 radical (unpaired) electrons. The topological polar surface area (TPSA) is 66.5 Å². The maximum absolute atomic E-state index is 12.9. The molecule has 10 heteroatoms. The third-order valence-electron chi connectivity index (χ3n) is 4.44. The van der Waals surface area contributed by atoms with Crippen molar-refractivity contribution in [1.29, 1.82) is 0 Å². The smallest absolute Gasteiger partial charge is 0.383 e. The molecule has 0 unspecified atom stereocenters. The summed E-state index contributed by atoms with van der Waals surface area (Å²) in [6.07, 6.45) is -4.36. The fourth-order valence-electron chi connectivity index (χ4n) is 3.11. The first kappa shape index (κ1) is 18.7. The lowest BCUT2D eigenvalue weighted by atomic mass is 10.0. The van der Waals surface area contributed by atoms with Gasteiger partial charge >= 0.3 is 6.18 Å². The zero-order valence-corrected chi connectivity index (χ0v) is 14.4. The van der Waals surface area contributed by atoms with Gasteiger partial charge in [0.1, 0.15) is 13.1 Å². The number of tetrazole rings is 1. The summed E-state index contributed by atoms with van der Waals surface area (Å²) in [7, 11) is 1.59. The van der Waals surface area contributed by atoms with Gasteiger partial charge in [-0.25, -0.2) is 4.68 Å². The molecule has 1 fully saturated rings. The van der Waals surface area contributed by atoms with E-state index < -0.39 is 11.7 Å². The summed E-state index contributed by atoms with van der Waals surface area (Å²) in [6, 6.07) is 4.95. The minimum atomic E-state index is -4.36. The van der Waals surface area contributed by atoms with Crippen LogP contribution in [0.4, 0.5) is 13.2 Å². The highest BCUT2D eigenvalue weighted by atomic mass is 19.4. The molecule has 1 N–H and O–H groups in total. The molecule has 0 bridgehead atoms. The van der Waals surface area contributed by atoms with E-state index in [9.17, 15) is 13.2 Å². The van der Waals surface area contributed by atoms with Crippen LogP contribution in [0.3, 0.4) is 0 Å². The van der Waals surface area contributed by atoms with E-state index in [1.54, 1.807) is 11.8 Å². The van der Waals surface area contributed by atoms with E-state index in [0.717, 1.165) is 35.7 Å². The van der Waals surface area contributed by atoms with Gasteiger partial charge in [-0.2, -0.15) is 13.2 Å². The van der Waals surface area contributed by atoms with Gasteiger partial charge in [0.25, 0.3) is 0 Å². The molecule has 7 nitrogen and oxygen atoms in total. The number of morpholine rings is 1. The Bertz CT molecular complexity index is 699. The second kappa shape index (κ2) is 8.11. The molecule has 1 atom stereocenters. The number of methoxy groups -OCH3 is 1. The van der Waals surface area contributed by atoms with Crippen LogP contribution in [0.1, 0.15) is 23.0 Å². The third-order valence-corrected chi connectivity index (χ3v) is 4.44. The predicted molar refractivity (Wildman–Crippen MR) is 84.5 cm³/mol. The number of alkyl halides is 3. The zero-order valence-electron chi connectivity index (χ0n) is 14.4. The lowest BCUT2D eigenvalue weighted by Crippen LogP contribution is -3.14. The highest BCUT2D eigenvalue weighted by molar-refractivity contribution is 5.28. The van der Waals surface area contributed by atoms with Crippen molar-refractivity contribution in [2.75, 3.05) is 40.0 Å². The molecule has 2 heterocycles. The lowest BCUT2D eigenvalue weighted by molar-refractivity contribution is -0.933. The first-order valence-corrected chi connectivity index (χ1v) is 8.35. The molecule has 2 aromatic rings. The lowest BCUT2D eigenvalue weighted by Gasteiger charge is -2.31. The fourth-order valence-corrected chi connectivity index (χ4v) is 3.11. The van der Waals surface area contributed by atoms with Gasteiger partial charge in [-0.15, -0.1) is 5.10 Å². The number of hydrogen-bond donors (Lipinski definition) is 1. The number of quaternary nitrogens is 1. The number of nitrogens with zero attached hydrogens (tertiary/aromatic N) is 4. The van der Waals surface area contributed by atoms with Gasteiger partial charge in [0.05, 0.1) is 31.9 Å². The van der Waals surface area contributed by atoms with Crippen molar-refractivity contribution in [3.8, 4) is 0 Å². The standard InChI is InChI=1S/C16H20F3N5O2/c1-25-9-8-24-15(20-21-22-24)14(23-6-10-26-11-7-23)12-2-4-13(5-3-12)16(17,18)19/h2-5,14H,6-11H2,1H3/p+1/t14-/m1/s1. The summed E-state index contributed by atoms with van der Waals surface area (Å²) in [5, 5.41) is 11.9. The van der Waals surface area contributed by atoms with Crippen molar-refractivity contribution in [2.24, 2.45) is 0 Å².